The number of hydrogen-bond donors (Lipinski definition) is 1. The first-order valence-corrected chi connectivity index (χ1v) is 7.76. The summed E-state index contributed by atoms with van der Waals surface area (Å²) >= 11 is 0. The molecule has 0 amide bonds. The molecule has 0 saturated carbocycles. The molecule has 2 atom stereocenters. The zero-order valence-corrected chi connectivity index (χ0v) is 13.4. The van der Waals surface area contributed by atoms with Gasteiger partial charge in [0.15, 0.2) is 0 Å². The summed E-state index contributed by atoms with van der Waals surface area (Å²) in [6.07, 6.45) is 2.82. The number of nitrogens with one attached hydrogen (secondary N) is 1. The highest BCUT2D eigenvalue weighted by Crippen LogP contribution is 2.23. The van der Waals surface area contributed by atoms with Crippen molar-refractivity contribution in [2.24, 2.45) is 0 Å². The molecule has 0 radical (unpaired) electrons. The molecule has 0 aromatic heterocycles. The second-order valence-corrected chi connectivity index (χ2v) is 5.74. The summed E-state index contributed by atoms with van der Waals surface area (Å²) < 4.78 is 16.8. The molecule has 0 spiro atoms. The molecular formula is C17H27NO3. The Morgan fingerprint density at radius 2 is 2.19 bits per heavy atom. The molecule has 1 aliphatic rings. The van der Waals surface area contributed by atoms with E-state index in [9.17, 15) is 0 Å². The van der Waals surface area contributed by atoms with Crippen LogP contribution in [0.2, 0.25) is 0 Å². The predicted molar refractivity (Wildman–Crippen MR) is 83.8 cm³/mol. The van der Waals surface area contributed by atoms with E-state index >= 15 is 0 Å². The topological polar surface area (TPSA) is 39.7 Å². The Balaban J connectivity index is 1.88. The molecular weight excluding hydrogens is 266 g/mol. The highest BCUT2D eigenvalue weighted by atomic mass is 16.5. The van der Waals surface area contributed by atoms with E-state index in [2.05, 4.69) is 37.4 Å². The van der Waals surface area contributed by atoms with Crippen LogP contribution in [-0.2, 0) is 16.0 Å². The van der Waals surface area contributed by atoms with Gasteiger partial charge in [-0.25, -0.2) is 0 Å². The Bertz CT molecular complexity index is 436. The Hall–Kier alpha value is -1.10. The van der Waals surface area contributed by atoms with Gasteiger partial charge in [-0.3, -0.25) is 0 Å². The van der Waals surface area contributed by atoms with Crippen LogP contribution in [0.1, 0.15) is 30.9 Å². The van der Waals surface area contributed by atoms with Crippen molar-refractivity contribution in [3.63, 3.8) is 0 Å². The highest BCUT2D eigenvalue weighted by molar-refractivity contribution is 5.36. The Labute approximate surface area is 127 Å². The minimum absolute atomic E-state index is 0.232. The zero-order valence-electron chi connectivity index (χ0n) is 13.4. The van der Waals surface area contributed by atoms with Crippen LogP contribution in [-0.4, -0.2) is 39.1 Å². The molecule has 1 saturated heterocycles. The maximum absolute atomic E-state index is 5.99. The Morgan fingerprint density at radius 1 is 1.33 bits per heavy atom. The van der Waals surface area contributed by atoms with Crippen LogP contribution in [0.3, 0.4) is 0 Å². The molecule has 2 unspecified atom stereocenters. The molecule has 2 rings (SSSR count). The largest absolute Gasteiger partial charge is 0.491 e. The number of methoxy groups -OCH3 is 1. The fourth-order valence-electron chi connectivity index (χ4n) is 2.58. The van der Waals surface area contributed by atoms with Crippen molar-refractivity contribution in [1.82, 2.24) is 5.32 Å². The van der Waals surface area contributed by atoms with Crippen molar-refractivity contribution >= 4 is 0 Å². The van der Waals surface area contributed by atoms with Crippen LogP contribution in [0.4, 0.5) is 0 Å². The monoisotopic (exact) mass is 293 g/mol. The second-order valence-electron chi connectivity index (χ2n) is 5.74. The van der Waals surface area contributed by atoms with E-state index in [1.807, 2.05) is 0 Å². The summed E-state index contributed by atoms with van der Waals surface area (Å²) in [5, 5.41) is 3.37. The van der Waals surface area contributed by atoms with Gasteiger partial charge in [-0.2, -0.15) is 0 Å². The number of ether oxygens (including phenoxy) is 3. The van der Waals surface area contributed by atoms with Crippen molar-refractivity contribution < 1.29 is 14.2 Å². The maximum Gasteiger partial charge on any atom is 0.123 e. The molecule has 1 aromatic rings. The lowest BCUT2D eigenvalue weighted by Crippen LogP contribution is -2.21. The van der Waals surface area contributed by atoms with Gasteiger partial charge in [0.1, 0.15) is 12.4 Å². The van der Waals surface area contributed by atoms with Gasteiger partial charge in [0.25, 0.3) is 0 Å². The van der Waals surface area contributed by atoms with Crippen LogP contribution >= 0.6 is 0 Å². The van der Waals surface area contributed by atoms with E-state index in [0.717, 1.165) is 38.3 Å². The summed E-state index contributed by atoms with van der Waals surface area (Å²) in [6.45, 7) is 7.21. The lowest BCUT2D eigenvalue weighted by molar-refractivity contribution is 0.0262. The number of benzene rings is 1. The van der Waals surface area contributed by atoms with Crippen LogP contribution in [0.15, 0.2) is 18.2 Å². The van der Waals surface area contributed by atoms with Crippen molar-refractivity contribution in [1.29, 1.82) is 0 Å². The molecule has 4 nitrogen and oxygen atoms in total. The van der Waals surface area contributed by atoms with Crippen LogP contribution in [0, 0.1) is 6.92 Å². The van der Waals surface area contributed by atoms with Gasteiger partial charge in [-0.1, -0.05) is 17.7 Å². The minimum atomic E-state index is 0.232. The van der Waals surface area contributed by atoms with E-state index in [-0.39, 0.29) is 6.10 Å². The van der Waals surface area contributed by atoms with Gasteiger partial charge in [-0.05, 0) is 32.8 Å². The summed E-state index contributed by atoms with van der Waals surface area (Å²) in [4.78, 5) is 0. The molecule has 0 bridgehead atoms. The molecule has 1 fully saturated rings. The van der Waals surface area contributed by atoms with Crippen molar-refractivity contribution in [3.05, 3.63) is 29.3 Å². The molecule has 21 heavy (non-hydrogen) atoms. The molecule has 4 heteroatoms. The van der Waals surface area contributed by atoms with E-state index in [1.54, 1.807) is 7.11 Å². The summed E-state index contributed by atoms with van der Waals surface area (Å²) in [7, 11) is 1.71. The SMILES string of the molecule is COCCNCc1cc(C)ccc1OCC1CCC(C)O1. The van der Waals surface area contributed by atoms with E-state index in [1.165, 1.54) is 11.1 Å². The third-order valence-electron chi connectivity index (χ3n) is 3.76. The molecule has 118 valence electrons. The third kappa shape index (κ3) is 5.30. The summed E-state index contributed by atoms with van der Waals surface area (Å²) in [5.74, 6) is 0.952. The third-order valence-corrected chi connectivity index (χ3v) is 3.76. The molecule has 0 aliphatic carbocycles. The Morgan fingerprint density at radius 3 is 2.90 bits per heavy atom. The number of aryl methyl sites for hydroxylation is 1. The van der Waals surface area contributed by atoms with Gasteiger partial charge in [0.05, 0.1) is 18.8 Å². The standard InChI is InChI=1S/C17H27NO3/c1-13-4-7-17(15(10-13)11-18-8-9-19-3)20-12-16-6-5-14(2)21-16/h4,7,10,14,16,18H,5-6,8-9,11-12H2,1-3H3. The molecule has 1 aliphatic heterocycles. The van der Waals surface area contributed by atoms with Crippen molar-refractivity contribution in [2.75, 3.05) is 26.9 Å². The summed E-state index contributed by atoms with van der Waals surface area (Å²) in [5.41, 5.74) is 2.44. The molecule has 1 heterocycles. The molecule has 1 aromatic carbocycles. The Kier molecular flexibility index (Phi) is 6.49. The first-order valence-electron chi connectivity index (χ1n) is 7.76. The van der Waals surface area contributed by atoms with Gasteiger partial charge < -0.3 is 19.5 Å². The number of hydrogen-bond acceptors (Lipinski definition) is 4. The van der Waals surface area contributed by atoms with Crippen molar-refractivity contribution in [3.8, 4) is 5.75 Å². The van der Waals surface area contributed by atoms with Crippen molar-refractivity contribution in [2.45, 2.75) is 45.4 Å². The fourth-order valence-corrected chi connectivity index (χ4v) is 2.58. The molecule has 1 N–H and O–H groups in total. The van der Waals surface area contributed by atoms with E-state index < -0.39 is 0 Å². The van der Waals surface area contributed by atoms with Crippen LogP contribution in [0.5, 0.6) is 5.75 Å². The smallest absolute Gasteiger partial charge is 0.123 e. The average molecular weight is 293 g/mol. The van der Waals surface area contributed by atoms with Crippen LogP contribution < -0.4 is 10.1 Å². The lowest BCUT2D eigenvalue weighted by Gasteiger charge is -2.16. The van der Waals surface area contributed by atoms with Gasteiger partial charge in [0.2, 0.25) is 0 Å². The summed E-state index contributed by atoms with van der Waals surface area (Å²) in [6, 6.07) is 6.32. The first-order chi connectivity index (χ1) is 10.2. The predicted octanol–water partition coefficient (Wildman–Crippen LogP) is 2.68. The average Bonchev–Trinajstić information content (AvgIpc) is 2.88. The quantitative estimate of drug-likeness (QED) is 0.748. The van der Waals surface area contributed by atoms with Gasteiger partial charge in [-0.15, -0.1) is 0 Å². The van der Waals surface area contributed by atoms with Crippen LogP contribution in [0.25, 0.3) is 0 Å². The highest BCUT2D eigenvalue weighted by Gasteiger charge is 2.22. The first kappa shape index (κ1) is 16.3. The second kappa shape index (κ2) is 8.37. The van der Waals surface area contributed by atoms with Gasteiger partial charge >= 0.3 is 0 Å². The fraction of sp³-hybridized carbons (Fsp3) is 0.647. The zero-order chi connectivity index (χ0) is 15.1. The maximum atomic E-state index is 5.99. The normalized spacial score (nSPS) is 21.7. The lowest BCUT2D eigenvalue weighted by atomic mass is 10.1. The minimum Gasteiger partial charge on any atom is -0.491 e. The van der Waals surface area contributed by atoms with Gasteiger partial charge in [0, 0.05) is 25.8 Å². The van der Waals surface area contributed by atoms with E-state index in [0.29, 0.717) is 12.7 Å². The van der Waals surface area contributed by atoms with E-state index in [4.69, 9.17) is 14.2 Å². The number of rotatable bonds is 8.